The number of likely N-dealkylation sites (N-methyl/N-ethyl adjacent to an activating group) is 1. The van der Waals surface area contributed by atoms with Crippen LogP contribution in [0.5, 0.6) is 0 Å². The Labute approximate surface area is 67.7 Å². The van der Waals surface area contributed by atoms with Gasteiger partial charge in [0, 0.05) is 0 Å². The Morgan fingerprint density at radius 1 is 1.82 bits per heavy atom. The number of nitrogens with one attached hydrogen (secondary N) is 1. The third-order valence-corrected chi connectivity index (χ3v) is 1.59. The molecule has 3 nitrogen and oxygen atoms in total. The van der Waals surface area contributed by atoms with Crippen LogP contribution in [0.15, 0.2) is 12.7 Å². The molecule has 0 bridgehead atoms. The van der Waals surface area contributed by atoms with E-state index in [0.717, 1.165) is 19.3 Å². The van der Waals surface area contributed by atoms with Crippen LogP contribution in [0, 0.1) is 0 Å². The van der Waals surface area contributed by atoms with Gasteiger partial charge in [0.05, 0.1) is 6.04 Å². The molecule has 0 saturated carbocycles. The molecule has 0 rings (SSSR count). The van der Waals surface area contributed by atoms with Gasteiger partial charge in [-0.15, -0.1) is 6.58 Å². The fourth-order valence-corrected chi connectivity index (χ4v) is 0.895. The molecule has 0 aliphatic rings. The van der Waals surface area contributed by atoms with Crippen molar-refractivity contribution in [2.75, 3.05) is 7.05 Å². The lowest BCUT2D eigenvalue weighted by molar-refractivity contribution is -0.120. The van der Waals surface area contributed by atoms with E-state index in [1.165, 1.54) is 0 Å². The molecule has 0 spiro atoms. The molecule has 0 saturated heterocycles. The first kappa shape index (κ1) is 10.2. The van der Waals surface area contributed by atoms with Gasteiger partial charge in [-0.1, -0.05) is 6.08 Å². The van der Waals surface area contributed by atoms with Crippen molar-refractivity contribution in [2.24, 2.45) is 5.73 Å². The van der Waals surface area contributed by atoms with Crippen LogP contribution in [0.2, 0.25) is 0 Å². The molecule has 1 amide bonds. The molecule has 3 heteroatoms. The van der Waals surface area contributed by atoms with Crippen LogP contribution in [-0.2, 0) is 4.79 Å². The number of hydrogen-bond donors (Lipinski definition) is 2. The molecule has 0 aromatic carbocycles. The minimum atomic E-state index is -0.281. The molecule has 0 aliphatic carbocycles. The Morgan fingerprint density at radius 3 is 2.82 bits per heavy atom. The Balaban J connectivity index is 3.52. The first-order chi connectivity index (χ1) is 5.22. The summed E-state index contributed by atoms with van der Waals surface area (Å²) >= 11 is 0. The lowest BCUT2D eigenvalue weighted by Crippen LogP contribution is -2.38. The van der Waals surface area contributed by atoms with E-state index in [4.69, 9.17) is 5.73 Å². The zero-order valence-electron chi connectivity index (χ0n) is 6.97. The lowest BCUT2D eigenvalue weighted by Gasteiger charge is -2.10. The van der Waals surface area contributed by atoms with Crippen LogP contribution in [0.3, 0.4) is 0 Å². The van der Waals surface area contributed by atoms with Gasteiger partial charge in [-0.2, -0.15) is 0 Å². The number of carbonyl (C=O) groups excluding carboxylic acids is 1. The molecule has 0 fully saturated rings. The predicted molar refractivity (Wildman–Crippen MR) is 46.1 cm³/mol. The second-order valence-corrected chi connectivity index (χ2v) is 2.46. The number of carbonyl (C=O) groups is 1. The molecule has 0 aliphatic heterocycles. The van der Waals surface area contributed by atoms with E-state index in [1.54, 1.807) is 7.05 Å². The maximum absolute atomic E-state index is 10.7. The molecule has 0 aromatic heterocycles. The summed E-state index contributed by atoms with van der Waals surface area (Å²) in [6, 6.07) is -0.185. The van der Waals surface area contributed by atoms with E-state index < -0.39 is 0 Å². The molecule has 1 unspecified atom stereocenters. The quantitative estimate of drug-likeness (QED) is 0.432. The van der Waals surface area contributed by atoms with Crippen molar-refractivity contribution in [3.8, 4) is 0 Å². The summed E-state index contributed by atoms with van der Waals surface area (Å²) in [6.07, 6.45) is 4.52. The maximum Gasteiger partial charge on any atom is 0.234 e. The number of hydrogen-bond acceptors (Lipinski definition) is 2. The summed E-state index contributed by atoms with van der Waals surface area (Å²) in [5.74, 6) is -0.281. The number of primary amides is 1. The van der Waals surface area contributed by atoms with Crippen LogP contribution in [-0.4, -0.2) is 19.0 Å². The Kier molecular flexibility index (Phi) is 5.47. The van der Waals surface area contributed by atoms with Gasteiger partial charge in [-0.05, 0) is 26.3 Å². The highest BCUT2D eigenvalue weighted by atomic mass is 16.1. The Morgan fingerprint density at radius 2 is 2.45 bits per heavy atom. The van der Waals surface area contributed by atoms with E-state index in [9.17, 15) is 4.79 Å². The average molecular weight is 156 g/mol. The largest absolute Gasteiger partial charge is 0.368 e. The molecule has 0 radical (unpaired) electrons. The zero-order valence-corrected chi connectivity index (χ0v) is 6.97. The fourth-order valence-electron chi connectivity index (χ4n) is 0.895. The van der Waals surface area contributed by atoms with Gasteiger partial charge >= 0.3 is 0 Å². The number of unbranched alkanes of at least 4 members (excludes halogenated alkanes) is 1. The summed E-state index contributed by atoms with van der Waals surface area (Å²) in [7, 11) is 1.74. The van der Waals surface area contributed by atoms with Crippen molar-refractivity contribution in [3.05, 3.63) is 12.7 Å². The third kappa shape index (κ3) is 4.56. The molecule has 64 valence electrons. The Hall–Kier alpha value is -0.830. The van der Waals surface area contributed by atoms with Gasteiger partial charge in [0.25, 0.3) is 0 Å². The van der Waals surface area contributed by atoms with E-state index in [-0.39, 0.29) is 11.9 Å². The van der Waals surface area contributed by atoms with Gasteiger partial charge in [0.2, 0.25) is 5.91 Å². The van der Waals surface area contributed by atoms with E-state index in [1.807, 2.05) is 6.08 Å². The van der Waals surface area contributed by atoms with Crippen molar-refractivity contribution < 1.29 is 4.79 Å². The smallest absolute Gasteiger partial charge is 0.234 e. The topological polar surface area (TPSA) is 55.1 Å². The first-order valence-electron chi connectivity index (χ1n) is 3.79. The summed E-state index contributed by atoms with van der Waals surface area (Å²) in [5.41, 5.74) is 5.10. The molecule has 11 heavy (non-hydrogen) atoms. The van der Waals surface area contributed by atoms with Gasteiger partial charge in [-0.25, -0.2) is 0 Å². The molecule has 0 heterocycles. The molecule has 0 aromatic rings. The van der Waals surface area contributed by atoms with Gasteiger partial charge in [-0.3, -0.25) is 4.79 Å². The molecular formula is C8H16N2O. The van der Waals surface area contributed by atoms with Crippen LogP contribution < -0.4 is 11.1 Å². The third-order valence-electron chi connectivity index (χ3n) is 1.59. The van der Waals surface area contributed by atoms with Crippen LogP contribution in [0.25, 0.3) is 0 Å². The summed E-state index contributed by atoms with van der Waals surface area (Å²) in [4.78, 5) is 10.7. The number of nitrogens with two attached hydrogens (primary N) is 1. The van der Waals surface area contributed by atoms with Gasteiger partial charge < -0.3 is 11.1 Å². The maximum atomic E-state index is 10.7. The van der Waals surface area contributed by atoms with Crippen molar-refractivity contribution in [3.63, 3.8) is 0 Å². The minimum Gasteiger partial charge on any atom is -0.368 e. The Bertz CT molecular complexity index is 134. The van der Waals surface area contributed by atoms with Crippen LogP contribution in [0.4, 0.5) is 0 Å². The fraction of sp³-hybridized carbons (Fsp3) is 0.625. The van der Waals surface area contributed by atoms with Crippen molar-refractivity contribution in [2.45, 2.75) is 25.3 Å². The monoisotopic (exact) mass is 156 g/mol. The SMILES string of the molecule is C=CCCCC(NC)C(N)=O. The van der Waals surface area contributed by atoms with E-state index >= 15 is 0 Å². The van der Waals surface area contributed by atoms with E-state index in [2.05, 4.69) is 11.9 Å². The standard InChI is InChI=1S/C8H16N2O/c1-3-4-5-6-7(10-2)8(9)11/h3,7,10H,1,4-6H2,2H3,(H2,9,11). The number of rotatable bonds is 6. The number of allylic oxidation sites excluding steroid dienone is 1. The molecule has 3 N–H and O–H groups in total. The normalized spacial score (nSPS) is 12.5. The minimum absolute atomic E-state index is 0.185. The predicted octanol–water partition coefficient (Wildman–Crippen LogP) is 0.416. The van der Waals surface area contributed by atoms with Gasteiger partial charge in [0.1, 0.15) is 0 Å². The highest BCUT2D eigenvalue weighted by Gasteiger charge is 2.10. The van der Waals surface area contributed by atoms with Crippen molar-refractivity contribution in [1.29, 1.82) is 0 Å². The highest BCUT2D eigenvalue weighted by Crippen LogP contribution is 1.99. The van der Waals surface area contributed by atoms with E-state index in [0.29, 0.717) is 0 Å². The summed E-state index contributed by atoms with van der Waals surface area (Å²) in [6.45, 7) is 3.59. The van der Waals surface area contributed by atoms with Crippen LogP contribution >= 0.6 is 0 Å². The second-order valence-electron chi connectivity index (χ2n) is 2.46. The average Bonchev–Trinajstić information content (AvgIpc) is 1.97. The number of amides is 1. The van der Waals surface area contributed by atoms with Crippen LogP contribution in [0.1, 0.15) is 19.3 Å². The highest BCUT2D eigenvalue weighted by molar-refractivity contribution is 5.79. The zero-order chi connectivity index (χ0) is 8.69. The second kappa shape index (κ2) is 5.92. The lowest BCUT2D eigenvalue weighted by atomic mass is 10.1. The van der Waals surface area contributed by atoms with Crippen molar-refractivity contribution >= 4 is 5.91 Å². The summed E-state index contributed by atoms with van der Waals surface area (Å²) in [5, 5.41) is 2.85. The molecular weight excluding hydrogens is 140 g/mol. The van der Waals surface area contributed by atoms with Crippen molar-refractivity contribution in [1.82, 2.24) is 5.32 Å². The van der Waals surface area contributed by atoms with Gasteiger partial charge in [0.15, 0.2) is 0 Å². The summed E-state index contributed by atoms with van der Waals surface area (Å²) < 4.78 is 0. The molecule has 1 atom stereocenters. The first-order valence-corrected chi connectivity index (χ1v) is 3.79.